The Balaban J connectivity index is 2.13. The van der Waals surface area contributed by atoms with Gasteiger partial charge in [-0.3, -0.25) is 16.0 Å². The van der Waals surface area contributed by atoms with Crippen LogP contribution in [0.15, 0.2) is 34.4 Å². The Morgan fingerprint density at radius 3 is 3.00 bits per heavy atom. The molecule has 0 aliphatic carbocycles. The third-order valence-electron chi connectivity index (χ3n) is 3.15. The van der Waals surface area contributed by atoms with Gasteiger partial charge in [0.05, 0.1) is 12.0 Å². The zero-order valence-electron chi connectivity index (χ0n) is 11.4. The number of hydrazine groups is 1. The van der Waals surface area contributed by atoms with Crippen molar-refractivity contribution < 1.29 is 9.66 Å². The van der Waals surface area contributed by atoms with Gasteiger partial charge in [-0.05, 0) is 6.07 Å². The van der Waals surface area contributed by atoms with Crippen molar-refractivity contribution in [3.8, 4) is 5.88 Å². The van der Waals surface area contributed by atoms with E-state index in [2.05, 4.69) is 20.7 Å². The molecule has 22 heavy (non-hydrogen) atoms. The molecule has 0 radical (unpaired) electrons. The molecule has 0 bridgehead atoms. The van der Waals surface area contributed by atoms with Crippen LogP contribution in [0.1, 0.15) is 11.7 Å². The summed E-state index contributed by atoms with van der Waals surface area (Å²) in [7, 11) is 1.50. The van der Waals surface area contributed by atoms with Crippen LogP contribution < -0.4 is 21.3 Å². The van der Waals surface area contributed by atoms with E-state index in [9.17, 15) is 10.1 Å². The third-order valence-corrected chi connectivity index (χ3v) is 4.24. The molecule has 0 fully saturated rings. The zero-order chi connectivity index (χ0) is 15.7. The standard InChI is InChI=1S/C12H12N6O3S/c1-21-11-9-12(15-5-14-11)22-8-3-2-6(18(19)20)4-7(8)10(16-9)17-13/h2-5,10,16-17H,13H2,1H3/t10-/m1/s1. The van der Waals surface area contributed by atoms with Crippen LogP contribution in [0.25, 0.3) is 0 Å². The van der Waals surface area contributed by atoms with Gasteiger partial charge in [-0.25, -0.2) is 10.4 Å². The van der Waals surface area contributed by atoms with Gasteiger partial charge in [-0.15, -0.1) is 0 Å². The van der Waals surface area contributed by atoms with Crippen molar-refractivity contribution in [1.29, 1.82) is 0 Å². The van der Waals surface area contributed by atoms with E-state index < -0.39 is 11.1 Å². The highest BCUT2D eigenvalue weighted by atomic mass is 32.2. The molecule has 1 aromatic heterocycles. The van der Waals surface area contributed by atoms with Crippen LogP contribution in [0.3, 0.4) is 0 Å². The van der Waals surface area contributed by atoms with Crippen LogP contribution in [-0.2, 0) is 0 Å². The lowest BCUT2D eigenvalue weighted by Crippen LogP contribution is -2.33. The predicted molar refractivity (Wildman–Crippen MR) is 79.5 cm³/mol. The second-order valence-corrected chi connectivity index (χ2v) is 5.42. The maximum atomic E-state index is 11.0. The fraction of sp³-hybridized carbons (Fsp3) is 0.167. The summed E-state index contributed by atoms with van der Waals surface area (Å²) in [6.45, 7) is 0. The minimum absolute atomic E-state index is 0.00888. The van der Waals surface area contributed by atoms with Crippen molar-refractivity contribution in [2.75, 3.05) is 12.4 Å². The second-order valence-electron chi connectivity index (χ2n) is 4.39. The number of nitrogens with two attached hydrogens (primary N) is 1. The normalized spacial score (nSPS) is 16.0. The van der Waals surface area contributed by atoms with Crippen LogP contribution in [0.2, 0.25) is 0 Å². The lowest BCUT2D eigenvalue weighted by molar-refractivity contribution is -0.385. The highest BCUT2D eigenvalue weighted by molar-refractivity contribution is 7.99. The molecule has 2 heterocycles. The van der Waals surface area contributed by atoms with Crippen molar-refractivity contribution in [2.24, 2.45) is 5.84 Å². The molecule has 0 unspecified atom stereocenters. The summed E-state index contributed by atoms with van der Waals surface area (Å²) in [5.41, 5.74) is 3.83. The average molecular weight is 320 g/mol. The number of nitrogens with one attached hydrogen (secondary N) is 2. The maximum Gasteiger partial charge on any atom is 0.269 e. The first-order chi connectivity index (χ1) is 10.6. The quantitative estimate of drug-likeness (QED) is 0.333. The molecule has 10 heteroatoms. The third kappa shape index (κ3) is 2.43. The number of methoxy groups -OCH3 is 1. The highest BCUT2D eigenvalue weighted by Gasteiger charge is 2.26. The fourth-order valence-corrected chi connectivity index (χ4v) is 3.12. The zero-order valence-corrected chi connectivity index (χ0v) is 12.3. The molecule has 0 saturated carbocycles. The van der Waals surface area contributed by atoms with Crippen LogP contribution in [0.4, 0.5) is 11.4 Å². The van der Waals surface area contributed by atoms with Crippen molar-refractivity contribution in [3.05, 3.63) is 40.2 Å². The molecule has 2 aromatic rings. The number of aromatic nitrogens is 2. The number of rotatable bonds is 3. The van der Waals surface area contributed by atoms with Gasteiger partial charge in [0, 0.05) is 22.6 Å². The van der Waals surface area contributed by atoms with Crippen molar-refractivity contribution in [2.45, 2.75) is 16.1 Å². The molecule has 0 spiro atoms. The first kappa shape index (κ1) is 14.5. The van der Waals surface area contributed by atoms with Gasteiger partial charge in [0.25, 0.3) is 5.69 Å². The van der Waals surface area contributed by atoms with Gasteiger partial charge in [0.15, 0.2) is 0 Å². The van der Waals surface area contributed by atoms with Gasteiger partial charge in [-0.2, -0.15) is 4.98 Å². The van der Waals surface area contributed by atoms with E-state index in [1.807, 2.05) is 0 Å². The summed E-state index contributed by atoms with van der Waals surface area (Å²) in [5.74, 6) is 5.96. The Labute approximate surface area is 129 Å². The van der Waals surface area contributed by atoms with E-state index in [4.69, 9.17) is 10.6 Å². The Kier molecular flexibility index (Phi) is 3.79. The number of ether oxygens (including phenoxy) is 1. The van der Waals surface area contributed by atoms with Gasteiger partial charge >= 0.3 is 0 Å². The van der Waals surface area contributed by atoms with E-state index in [1.54, 1.807) is 6.07 Å². The minimum Gasteiger partial charge on any atom is -0.479 e. The Hall–Kier alpha value is -2.43. The molecule has 3 rings (SSSR count). The van der Waals surface area contributed by atoms with E-state index in [0.717, 1.165) is 4.90 Å². The molecule has 1 aliphatic rings. The fourth-order valence-electron chi connectivity index (χ4n) is 2.14. The van der Waals surface area contributed by atoms with E-state index in [0.29, 0.717) is 22.2 Å². The summed E-state index contributed by atoms with van der Waals surface area (Å²) in [5, 5.41) is 14.7. The molecular formula is C12H12N6O3S. The summed E-state index contributed by atoms with van der Waals surface area (Å²) < 4.78 is 5.22. The Morgan fingerprint density at radius 1 is 1.50 bits per heavy atom. The summed E-state index contributed by atoms with van der Waals surface area (Å²) >= 11 is 1.36. The number of nitro groups is 1. The summed E-state index contributed by atoms with van der Waals surface area (Å²) in [6.07, 6.45) is 0.858. The number of anilines is 1. The number of benzene rings is 1. The Morgan fingerprint density at radius 2 is 2.32 bits per heavy atom. The van der Waals surface area contributed by atoms with Gasteiger partial charge < -0.3 is 10.1 Å². The van der Waals surface area contributed by atoms with E-state index >= 15 is 0 Å². The molecule has 1 atom stereocenters. The molecular weight excluding hydrogens is 308 g/mol. The lowest BCUT2D eigenvalue weighted by atomic mass is 10.1. The van der Waals surface area contributed by atoms with Gasteiger partial charge in [0.1, 0.15) is 23.2 Å². The van der Waals surface area contributed by atoms with Gasteiger partial charge in [0.2, 0.25) is 5.88 Å². The number of fused-ring (bicyclic) bond motifs is 2. The first-order valence-corrected chi connectivity index (χ1v) is 7.03. The van der Waals surface area contributed by atoms with Crippen LogP contribution in [-0.4, -0.2) is 22.0 Å². The molecule has 0 saturated heterocycles. The molecule has 4 N–H and O–H groups in total. The van der Waals surface area contributed by atoms with E-state index in [1.165, 1.54) is 37.3 Å². The number of nitrogens with zero attached hydrogens (tertiary/aromatic N) is 3. The first-order valence-electron chi connectivity index (χ1n) is 6.22. The molecule has 1 aromatic carbocycles. The van der Waals surface area contributed by atoms with Crippen molar-refractivity contribution in [3.63, 3.8) is 0 Å². The van der Waals surface area contributed by atoms with Crippen LogP contribution in [0, 0.1) is 10.1 Å². The summed E-state index contributed by atoms with van der Waals surface area (Å²) in [4.78, 5) is 19.6. The minimum atomic E-state index is -0.538. The van der Waals surface area contributed by atoms with Crippen molar-refractivity contribution in [1.82, 2.24) is 15.4 Å². The molecule has 114 valence electrons. The summed E-state index contributed by atoms with van der Waals surface area (Å²) in [6, 6.07) is 4.60. The highest BCUT2D eigenvalue weighted by Crippen LogP contribution is 2.44. The number of hydrogen-bond acceptors (Lipinski definition) is 9. The maximum absolute atomic E-state index is 11.0. The van der Waals surface area contributed by atoms with E-state index in [-0.39, 0.29) is 5.69 Å². The largest absolute Gasteiger partial charge is 0.479 e. The SMILES string of the molecule is COc1ncnc2c1N[C@H](NN)c1cc([N+](=O)[O-])ccc1S2. The van der Waals surface area contributed by atoms with Crippen LogP contribution >= 0.6 is 11.8 Å². The Bertz CT molecular complexity index is 741. The average Bonchev–Trinajstić information content (AvgIpc) is 2.69. The van der Waals surface area contributed by atoms with Crippen LogP contribution in [0.5, 0.6) is 5.88 Å². The monoisotopic (exact) mass is 320 g/mol. The predicted octanol–water partition coefficient (Wildman–Crippen LogP) is 1.43. The number of non-ortho nitro benzene ring substituents is 1. The number of hydrogen-bond donors (Lipinski definition) is 3. The smallest absolute Gasteiger partial charge is 0.269 e. The van der Waals surface area contributed by atoms with Crippen molar-refractivity contribution >= 4 is 23.1 Å². The molecule has 9 nitrogen and oxygen atoms in total. The number of nitro benzene ring substituents is 1. The topological polar surface area (TPSA) is 128 Å². The van der Waals surface area contributed by atoms with Gasteiger partial charge in [-0.1, -0.05) is 11.8 Å². The lowest BCUT2D eigenvalue weighted by Gasteiger charge is -2.19. The molecule has 0 amide bonds. The molecule has 1 aliphatic heterocycles. The second kappa shape index (κ2) is 5.75.